The van der Waals surface area contributed by atoms with Crippen molar-refractivity contribution >= 4 is 5.97 Å². The van der Waals surface area contributed by atoms with E-state index in [1.165, 1.54) is 6.08 Å². The van der Waals surface area contributed by atoms with Crippen LogP contribution >= 0.6 is 0 Å². The highest BCUT2D eigenvalue weighted by Crippen LogP contribution is 2.22. The van der Waals surface area contributed by atoms with Gasteiger partial charge in [0.15, 0.2) is 6.29 Å². The third-order valence-electron chi connectivity index (χ3n) is 2.30. The zero-order chi connectivity index (χ0) is 12.0. The van der Waals surface area contributed by atoms with Gasteiger partial charge in [-0.15, -0.1) is 0 Å². The lowest BCUT2D eigenvalue weighted by Gasteiger charge is -2.29. The van der Waals surface area contributed by atoms with Crippen LogP contribution in [0.2, 0.25) is 0 Å². The topological polar surface area (TPSA) is 65.0 Å². The summed E-state index contributed by atoms with van der Waals surface area (Å²) in [5, 5.41) is 8.88. The summed E-state index contributed by atoms with van der Waals surface area (Å²) < 4.78 is 15.8. The van der Waals surface area contributed by atoms with Crippen molar-refractivity contribution in [3.63, 3.8) is 0 Å². The van der Waals surface area contributed by atoms with Crippen molar-refractivity contribution in [2.24, 2.45) is 0 Å². The fourth-order valence-electron chi connectivity index (χ4n) is 1.53. The maximum absolute atomic E-state index is 10.8. The molecular formula is C11H18O5. The number of rotatable bonds is 5. The largest absolute Gasteiger partial charge is 0.475 e. The third-order valence-corrected chi connectivity index (χ3v) is 2.30. The van der Waals surface area contributed by atoms with Gasteiger partial charge in [-0.2, -0.15) is 0 Å². The molecule has 0 aromatic carbocycles. The third kappa shape index (κ3) is 3.83. The smallest absolute Gasteiger partial charge is 0.370 e. The first-order valence-corrected chi connectivity index (χ1v) is 5.45. The SMILES string of the molecule is CCC=C(OC1CCCC(OC)O1)C(=O)O. The van der Waals surface area contributed by atoms with Crippen LogP contribution in [0.3, 0.4) is 0 Å². The first-order chi connectivity index (χ1) is 7.67. The van der Waals surface area contributed by atoms with E-state index in [2.05, 4.69) is 0 Å². The van der Waals surface area contributed by atoms with E-state index in [1.54, 1.807) is 7.11 Å². The van der Waals surface area contributed by atoms with Crippen molar-refractivity contribution in [1.82, 2.24) is 0 Å². The molecule has 0 aliphatic carbocycles. The normalized spacial score (nSPS) is 26.5. The number of carboxylic acid groups (broad SMARTS) is 1. The molecule has 0 amide bonds. The Morgan fingerprint density at radius 1 is 1.50 bits per heavy atom. The van der Waals surface area contributed by atoms with Gasteiger partial charge in [0, 0.05) is 13.5 Å². The molecule has 0 aromatic rings. The van der Waals surface area contributed by atoms with E-state index in [1.807, 2.05) is 6.92 Å². The number of aliphatic carboxylic acids is 1. The van der Waals surface area contributed by atoms with Gasteiger partial charge in [0.1, 0.15) is 0 Å². The van der Waals surface area contributed by atoms with Gasteiger partial charge in [-0.3, -0.25) is 0 Å². The second kappa shape index (κ2) is 6.50. The first-order valence-electron chi connectivity index (χ1n) is 5.45. The highest BCUT2D eigenvalue weighted by Gasteiger charge is 2.25. The lowest BCUT2D eigenvalue weighted by molar-refractivity contribution is -0.249. The molecule has 5 nitrogen and oxygen atoms in total. The molecule has 1 rings (SSSR count). The summed E-state index contributed by atoms with van der Waals surface area (Å²) >= 11 is 0. The summed E-state index contributed by atoms with van der Waals surface area (Å²) in [6, 6.07) is 0. The van der Waals surface area contributed by atoms with Gasteiger partial charge in [0.25, 0.3) is 0 Å². The molecule has 1 aliphatic heterocycles. The van der Waals surface area contributed by atoms with Crippen LogP contribution in [0, 0.1) is 0 Å². The van der Waals surface area contributed by atoms with Gasteiger partial charge in [-0.25, -0.2) is 4.79 Å². The molecule has 16 heavy (non-hydrogen) atoms. The van der Waals surface area contributed by atoms with Crippen LogP contribution < -0.4 is 0 Å². The van der Waals surface area contributed by atoms with Gasteiger partial charge in [-0.1, -0.05) is 6.92 Å². The number of hydrogen-bond donors (Lipinski definition) is 1. The fourth-order valence-corrected chi connectivity index (χ4v) is 1.53. The number of ether oxygens (including phenoxy) is 3. The molecule has 1 N–H and O–H groups in total. The molecule has 2 unspecified atom stereocenters. The van der Waals surface area contributed by atoms with Crippen LogP contribution in [-0.2, 0) is 19.0 Å². The van der Waals surface area contributed by atoms with Crippen LogP contribution in [0.15, 0.2) is 11.8 Å². The van der Waals surface area contributed by atoms with Crippen molar-refractivity contribution in [1.29, 1.82) is 0 Å². The maximum atomic E-state index is 10.8. The monoisotopic (exact) mass is 230 g/mol. The summed E-state index contributed by atoms with van der Waals surface area (Å²) in [5.41, 5.74) is 0. The predicted molar refractivity (Wildman–Crippen MR) is 56.6 cm³/mol. The van der Waals surface area contributed by atoms with Crippen molar-refractivity contribution in [3.05, 3.63) is 11.8 Å². The Kier molecular flexibility index (Phi) is 5.28. The summed E-state index contributed by atoms with van der Waals surface area (Å²) in [7, 11) is 1.56. The minimum absolute atomic E-state index is 0.0516. The van der Waals surface area contributed by atoms with Crippen LogP contribution in [0.1, 0.15) is 32.6 Å². The molecule has 1 heterocycles. The van der Waals surface area contributed by atoms with E-state index >= 15 is 0 Å². The molecule has 0 aromatic heterocycles. The van der Waals surface area contributed by atoms with E-state index in [0.29, 0.717) is 12.8 Å². The lowest BCUT2D eigenvalue weighted by atomic mass is 10.2. The van der Waals surface area contributed by atoms with E-state index in [4.69, 9.17) is 19.3 Å². The van der Waals surface area contributed by atoms with Crippen LogP contribution in [0.5, 0.6) is 0 Å². The van der Waals surface area contributed by atoms with Crippen molar-refractivity contribution < 1.29 is 24.1 Å². The van der Waals surface area contributed by atoms with E-state index < -0.39 is 12.3 Å². The molecule has 1 saturated heterocycles. The number of carboxylic acids is 1. The Morgan fingerprint density at radius 2 is 2.19 bits per heavy atom. The Bertz CT molecular complexity index is 261. The average Bonchev–Trinajstić information content (AvgIpc) is 2.28. The minimum atomic E-state index is -1.06. The van der Waals surface area contributed by atoms with Crippen molar-refractivity contribution in [2.75, 3.05) is 7.11 Å². The lowest BCUT2D eigenvalue weighted by Crippen LogP contribution is -2.31. The molecular weight excluding hydrogens is 212 g/mol. The molecule has 0 spiro atoms. The summed E-state index contributed by atoms with van der Waals surface area (Å²) in [6.45, 7) is 1.85. The zero-order valence-corrected chi connectivity index (χ0v) is 9.64. The highest BCUT2D eigenvalue weighted by molar-refractivity contribution is 5.84. The molecule has 0 radical (unpaired) electrons. The van der Waals surface area contributed by atoms with Crippen LogP contribution in [0.25, 0.3) is 0 Å². The van der Waals surface area contributed by atoms with Gasteiger partial charge in [0.05, 0.1) is 0 Å². The fraction of sp³-hybridized carbons (Fsp3) is 0.727. The number of hydrogen-bond acceptors (Lipinski definition) is 4. The number of methoxy groups -OCH3 is 1. The quantitative estimate of drug-likeness (QED) is 0.577. The summed E-state index contributed by atoms with van der Waals surface area (Å²) in [4.78, 5) is 10.8. The van der Waals surface area contributed by atoms with E-state index in [9.17, 15) is 4.79 Å². The zero-order valence-electron chi connectivity index (χ0n) is 9.64. The molecule has 2 atom stereocenters. The van der Waals surface area contributed by atoms with Crippen molar-refractivity contribution in [3.8, 4) is 0 Å². The van der Waals surface area contributed by atoms with E-state index in [0.717, 1.165) is 12.8 Å². The average molecular weight is 230 g/mol. The Morgan fingerprint density at radius 3 is 2.75 bits per heavy atom. The van der Waals surface area contributed by atoms with Gasteiger partial charge >= 0.3 is 5.97 Å². The molecule has 0 saturated carbocycles. The van der Waals surface area contributed by atoms with Gasteiger partial charge < -0.3 is 19.3 Å². The number of carbonyl (C=O) groups is 1. The second-order valence-corrected chi connectivity index (χ2v) is 3.56. The van der Waals surface area contributed by atoms with E-state index in [-0.39, 0.29) is 12.0 Å². The molecule has 92 valence electrons. The summed E-state index contributed by atoms with van der Waals surface area (Å²) in [6.07, 6.45) is 3.74. The minimum Gasteiger partial charge on any atom is -0.475 e. The molecule has 5 heteroatoms. The van der Waals surface area contributed by atoms with Crippen LogP contribution in [0.4, 0.5) is 0 Å². The molecule has 1 aliphatic rings. The highest BCUT2D eigenvalue weighted by atomic mass is 16.8. The summed E-state index contributed by atoms with van der Waals surface area (Å²) in [5.74, 6) is -1.12. The van der Waals surface area contributed by atoms with Crippen molar-refractivity contribution in [2.45, 2.75) is 45.2 Å². The first kappa shape index (κ1) is 13.0. The maximum Gasteiger partial charge on any atom is 0.370 e. The second-order valence-electron chi connectivity index (χ2n) is 3.56. The Labute approximate surface area is 95.0 Å². The van der Waals surface area contributed by atoms with Crippen LogP contribution in [-0.4, -0.2) is 30.8 Å². The standard InChI is InChI=1S/C11H18O5/c1-3-5-8(11(12)13)15-10-7-4-6-9(14-2)16-10/h5,9-10H,3-4,6-7H2,1-2H3,(H,12,13). The Balaban J connectivity index is 2.51. The number of allylic oxidation sites excluding steroid dienone is 1. The van der Waals surface area contributed by atoms with Gasteiger partial charge in [0.2, 0.25) is 12.0 Å². The Hall–Kier alpha value is -1.07. The van der Waals surface area contributed by atoms with Gasteiger partial charge in [-0.05, 0) is 25.3 Å². The molecule has 1 fully saturated rings. The molecule has 0 bridgehead atoms. The predicted octanol–water partition coefficient (Wildman–Crippen LogP) is 1.88.